The zero-order valence-corrected chi connectivity index (χ0v) is 9.24. The standard InChI is InChI=1S/C12H19NO2/c1-2-3-7-14-8-9-15-12-6-4-5-11(13)10-12/h4-6,10H,2-3,7-9,13H2,1H3. The molecule has 0 aliphatic rings. The van der Waals surface area contributed by atoms with E-state index in [-0.39, 0.29) is 0 Å². The fraction of sp³-hybridized carbons (Fsp3) is 0.500. The van der Waals surface area contributed by atoms with Gasteiger partial charge in [0.1, 0.15) is 12.4 Å². The molecule has 84 valence electrons. The fourth-order valence-electron chi connectivity index (χ4n) is 1.17. The highest BCUT2D eigenvalue weighted by Crippen LogP contribution is 2.13. The van der Waals surface area contributed by atoms with E-state index in [2.05, 4.69) is 6.92 Å². The minimum Gasteiger partial charge on any atom is -0.491 e. The Hall–Kier alpha value is -1.22. The Balaban J connectivity index is 2.10. The third kappa shape index (κ3) is 5.27. The summed E-state index contributed by atoms with van der Waals surface area (Å²) < 4.78 is 10.8. The van der Waals surface area contributed by atoms with Gasteiger partial charge in [0, 0.05) is 18.4 Å². The number of hydrogen-bond donors (Lipinski definition) is 1. The first-order valence-electron chi connectivity index (χ1n) is 5.39. The quantitative estimate of drug-likeness (QED) is 0.554. The summed E-state index contributed by atoms with van der Waals surface area (Å²) in [5.74, 6) is 0.800. The predicted molar refractivity (Wildman–Crippen MR) is 62.1 cm³/mol. The van der Waals surface area contributed by atoms with Crippen LogP contribution >= 0.6 is 0 Å². The first-order valence-corrected chi connectivity index (χ1v) is 5.39. The highest BCUT2D eigenvalue weighted by molar-refractivity contribution is 5.43. The van der Waals surface area contributed by atoms with E-state index in [0.717, 1.165) is 30.9 Å². The smallest absolute Gasteiger partial charge is 0.121 e. The van der Waals surface area contributed by atoms with E-state index >= 15 is 0 Å². The second-order valence-electron chi connectivity index (χ2n) is 3.39. The Kier molecular flexibility index (Phi) is 5.63. The molecule has 3 heteroatoms. The molecule has 1 rings (SSSR count). The molecule has 0 atom stereocenters. The van der Waals surface area contributed by atoms with Gasteiger partial charge in [0.15, 0.2) is 0 Å². The summed E-state index contributed by atoms with van der Waals surface area (Å²) in [5, 5.41) is 0. The van der Waals surface area contributed by atoms with Gasteiger partial charge in [-0.15, -0.1) is 0 Å². The van der Waals surface area contributed by atoms with Crippen molar-refractivity contribution < 1.29 is 9.47 Å². The Morgan fingerprint density at radius 2 is 2.07 bits per heavy atom. The zero-order chi connectivity index (χ0) is 10.9. The number of hydrogen-bond acceptors (Lipinski definition) is 3. The number of anilines is 1. The molecule has 1 aromatic carbocycles. The van der Waals surface area contributed by atoms with Crippen molar-refractivity contribution in [1.82, 2.24) is 0 Å². The van der Waals surface area contributed by atoms with Crippen LogP contribution in [0.25, 0.3) is 0 Å². The molecule has 0 unspecified atom stereocenters. The summed E-state index contributed by atoms with van der Waals surface area (Å²) >= 11 is 0. The number of nitrogen functional groups attached to an aromatic ring is 1. The summed E-state index contributed by atoms with van der Waals surface area (Å²) in [6.07, 6.45) is 2.27. The maximum absolute atomic E-state index is 5.62. The maximum atomic E-state index is 5.62. The van der Waals surface area contributed by atoms with Crippen molar-refractivity contribution in [1.29, 1.82) is 0 Å². The van der Waals surface area contributed by atoms with Gasteiger partial charge in [-0.1, -0.05) is 19.4 Å². The van der Waals surface area contributed by atoms with Crippen molar-refractivity contribution in [3.8, 4) is 5.75 Å². The first kappa shape index (κ1) is 11.9. The third-order valence-corrected chi connectivity index (χ3v) is 2.00. The zero-order valence-electron chi connectivity index (χ0n) is 9.24. The van der Waals surface area contributed by atoms with E-state index in [4.69, 9.17) is 15.2 Å². The Morgan fingerprint density at radius 3 is 2.80 bits per heavy atom. The monoisotopic (exact) mass is 209 g/mol. The number of ether oxygens (including phenoxy) is 2. The molecule has 0 bridgehead atoms. The van der Waals surface area contributed by atoms with Crippen molar-refractivity contribution in [3.05, 3.63) is 24.3 Å². The van der Waals surface area contributed by atoms with Crippen molar-refractivity contribution in [3.63, 3.8) is 0 Å². The van der Waals surface area contributed by atoms with Gasteiger partial charge >= 0.3 is 0 Å². The van der Waals surface area contributed by atoms with Crippen molar-refractivity contribution in [2.24, 2.45) is 0 Å². The van der Waals surface area contributed by atoms with Crippen LogP contribution in [0.15, 0.2) is 24.3 Å². The molecule has 0 radical (unpaired) electrons. The number of benzene rings is 1. The maximum Gasteiger partial charge on any atom is 0.121 e. The van der Waals surface area contributed by atoms with Crippen molar-refractivity contribution >= 4 is 5.69 Å². The van der Waals surface area contributed by atoms with Crippen LogP contribution in [-0.2, 0) is 4.74 Å². The molecule has 0 aliphatic heterocycles. The fourth-order valence-corrected chi connectivity index (χ4v) is 1.17. The predicted octanol–water partition coefficient (Wildman–Crippen LogP) is 2.46. The summed E-state index contributed by atoms with van der Waals surface area (Å²) in [4.78, 5) is 0. The van der Waals surface area contributed by atoms with Gasteiger partial charge in [-0.3, -0.25) is 0 Å². The molecular weight excluding hydrogens is 190 g/mol. The molecule has 15 heavy (non-hydrogen) atoms. The van der Waals surface area contributed by atoms with Crippen LogP contribution in [-0.4, -0.2) is 19.8 Å². The van der Waals surface area contributed by atoms with E-state index < -0.39 is 0 Å². The van der Waals surface area contributed by atoms with Crippen LogP contribution in [0.2, 0.25) is 0 Å². The van der Waals surface area contributed by atoms with Crippen LogP contribution in [0.1, 0.15) is 19.8 Å². The molecule has 2 N–H and O–H groups in total. The molecule has 0 heterocycles. The highest BCUT2D eigenvalue weighted by Gasteiger charge is 1.94. The van der Waals surface area contributed by atoms with Crippen molar-refractivity contribution in [2.75, 3.05) is 25.6 Å². The van der Waals surface area contributed by atoms with E-state index in [1.165, 1.54) is 0 Å². The molecule has 1 aromatic rings. The van der Waals surface area contributed by atoms with Crippen LogP contribution in [0.5, 0.6) is 5.75 Å². The molecule has 0 saturated carbocycles. The summed E-state index contributed by atoms with van der Waals surface area (Å²) in [6, 6.07) is 7.42. The third-order valence-electron chi connectivity index (χ3n) is 2.00. The Morgan fingerprint density at radius 1 is 1.20 bits per heavy atom. The molecule has 0 spiro atoms. The molecule has 0 amide bonds. The van der Waals surface area contributed by atoms with Gasteiger partial charge in [-0.05, 0) is 18.6 Å². The van der Waals surface area contributed by atoms with Gasteiger partial charge in [-0.25, -0.2) is 0 Å². The lowest BCUT2D eigenvalue weighted by Crippen LogP contribution is -2.07. The average molecular weight is 209 g/mol. The average Bonchev–Trinajstić information content (AvgIpc) is 2.23. The van der Waals surface area contributed by atoms with E-state index in [1.54, 1.807) is 0 Å². The molecule has 3 nitrogen and oxygen atoms in total. The van der Waals surface area contributed by atoms with Gasteiger partial charge in [-0.2, -0.15) is 0 Å². The normalized spacial score (nSPS) is 10.2. The second kappa shape index (κ2) is 7.12. The van der Waals surface area contributed by atoms with Gasteiger partial charge in [0.2, 0.25) is 0 Å². The van der Waals surface area contributed by atoms with Crippen molar-refractivity contribution in [2.45, 2.75) is 19.8 Å². The lowest BCUT2D eigenvalue weighted by atomic mass is 10.3. The van der Waals surface area contributed by atoms with Gasteiger partial charge in [0.25, 0.3) is 0 Å². The number of nitrogens with two attached hydrogens (primary N) is 1. The van der Waals surface area contributed by atoms with Gasteiger partial charge in [0.05, 0.1) is 6.61 Å². The largest absolute Gasteiger partial charge is 0.491 e. The molecule has 0 saturated heterocycles. The summed E-state index contributed by atoms with van der Waals surface area (Å²) in [5.41, 5.74) is 6.34. The number of rotatable bonds is 7. The molecule has 0 aliphatic carbocycles. The molecule has 0 fully saturated rings. The first-order chi connectivity index (χ1) is 7.33. The summed E-state index contributed by atoms with van der Waals surface area (Å²) in [7, 11) is 0. The number of unbranched alkanes of at least 4 members (excludes halogenated alkanes) is 1. The van der Waals surface area contributed by atoms with E-state index in [9.17, 15) is 0 Å². The highest BCUT2D eigenvalue weighted by atomic mass is 16.5. The van der Waals surface area contributed by atoms with E-state index in [0.29, 0.717) is 13.2 Å². The SMILES string of the molecule is CCCCOCCOc1cccc(N)c1. The Bertz CT molecular complexity index is 276. The van der Waals surface area contributed by atoms with Gasteiger partial charge < -0.3 is 15.2 Å². The van der Waals surface area contributed by atoms with Crippen LogP contribution < -0.4 is 10.5 Å². The molecular formula is C12H19NO2. The van der Waals surface area contributed by atoms with Crippen LogP contribution in [0.3, 0.4) is 0 Å². The lowest BCUT2D eigenvalue weighted by Gasteiger charge is -2.07. The van der Waals surface area contributed by atoms with E-state index in [1.807, 2.05) is 24.3 Å². The summed E-state index contributed by atoms with van der Waals surface area (Å²) in [6.45, 7) is 4.17. The second-order valence-corrected chi connectivity index (χ2v) is 3.39. The van der Waals surface area contributed by atoms with Crippen LogP contribution in [0, 0.1) is 0 Å². The lowest BCUT2D eigenvalue weighted by molar-refractivity contribution is 0.0981. The van der Waals surface area contributed by atoms with Crippen LogP contribution in [0.4, 0.5) is 5.69 Å². The minimum absolute atomic E-state index is 0.577. The molecule has 0 aromatic heterocycles. The Labute approximate surface area is 91.2 Å². The minimum atomic E-state index is 0.577. The topological polar surface area (TPSA) is 44.5 Å².